The molecule has 0 aliphatic carbocycles. The van der Waals surface area contributed by atoms with Crippen LogP contribution in [0.1, 0.15) is 25.1 Å². The highest BCUT2D eigenvalue weighted by Crippen LogP contribution is 2.22. The topological polar surface area (TPSA) is 63.9 Å². The van der Waals surface area contributed by atoms with Crippen molar-refractivity contribution in [3.63, 3.8) is 0 Å². The molecule has 86 valence electrons. The molecule has 0 radical (unpaired) electrons. The third-order valence-corrected chi connectivity index (χ3v) is 2.77. The molecule has 0 saturated heterocycles. The molecule has 0 bridgehead atoms. The van der Waals surface area contributed by atoms with Crippen LogP contribution < -0.4 is 10.5 Å². The quantitative estimate of drug-likeness (QED) is 0.827. The summed E-state index contributed by atoms with van der Waals surface area (Å²) in [6.45, 7) is 2.81. The van der Waals surface area contributed by atoms with Crippen molar-refractivity contribution in [2.45, 2.75) is 19.3 Å². The molecule has 2 aromatic rings. The van der Waals surface area contributed by atoms with Gasteiger partial charge in [0.1, 0.15) is 11.6 Å². The fraction of sp³-hybridized carbons (Fsp3) is 0.417. The molecule has 1 heterocycles. The van der Waals surface area contributed by atoms with Gasteiger partial charge in [0.25, 0.3) is 0 Å². The Labute approximate surface area is 94.8 Å². The van der Waals surface area contributed by atoms with Crippen molar-refractivity contribution in [2.24, 2.45) is 5.73 Å². The molecule has 16 heavy (non-hydrogen) atoms. The number of methoxy groups -OCH3 is 1. The first kappa shape index (κ1) is 11.0. The molecule has 0 aliphatic heterocycles. The highest BCUT2D eigenvalue weighted by atomic mass is 16.5. The summed E-state index contributed by atoms with van der Waals surface area (Å²) in [6.07, 6.45) is 0.941. The van der Waals surface area contributed by atoms with E-state index >= 15 is 0 Å². The Kier molecular flexibility index (Phi) is 3.10. The molecule has 3 N–H and O–H groups in total. The average molecular weight is 219 g/mol. The molecule has 0 amide bonds. The minimum absolute atomic E-state index is 0.364. The van der Waals surface area contributed by atoms with E-state index < -0.39 is 0 Å². The summed E-state index contributed by atoms with van der Waals surface area (Å²) in [6, 6.07) is 5.84. The van der Waals surface area contributed by atoms with Gasteiger partial charge in [-0.25, -0.2) is 4.98 Å². The Morgan fingerprint density at radius 2 is 2.31 bits per heavy atom. The second-order valence-electron chi connectivity index (χ2n) is 3.98. The van der Waals surface area contributed by atoms with Crippen molar-refractivity contribution in [2.75, 3.05) is 13.7 Å². The van der Waals surface area contributed by atoms with E-state index in [-0.39, 0.29) is 0 Å². The molecule has 0 aliphatic rings. The van der Waals surface area contributed by atoms with Gasteiger partial charge in [-0.05, 0) is 25.1 Å². The van der Waals surface area contributed by atoms with E-state index in [0.29, 0.717) is 12.5 Å². The predicted octanol–water partition coefficient (Wildman–Crippen LogP) is 2.02. The van der Waals surface area contributed by atoms with Gasteiger partial charge in [-0.3, -0.25) is 0 Å². The zero-order chi connectivity index (χ0) is 11.5. The van der Waals surface area contributed by atoms with Crippen LogP contribution in [0.25, 0.3) is 11.0 Å². The minimum atomic E-state index is 0.364. The Bertz CT molecular complexity index is 478. The summed E-state index contributed by atoms with van der Waals surface area (Å²) < 4.78 is 5.17. The van der Waals surface area contributed by atoms with Gasteiger partial charge in [0.15, 0.2) is 0 Å². The van der Waals surface area contributed by atoms with Crippen LogP contribution in [0.3, 0.4) is 0 Å². The maximum Gasteiger partial charge on any atom is 0.121 e. The number of aromatic nitrogens is 2. The fourth-order valence-electron chi connectivity index (χ4n) is 1.76. The number of rotatable bonds is 4. The molecule has 0 saturated carbocycles. The number of nitrogens with two attached hydrogens (primary N) is 1. The molecule has 4 nitrogen and oxygen atoms in total. The van der Waals surface area contributed by atoms with E-state index in [1.807, 2.05) is 18.2 Å². The molecule has 4 heteroatoms. The number of benzene rings is 1. The largest absolute Gasteiger partial charge is 0.497 e. The van der Waals surface area contributed by atoms with Crippen LogP contribution in [-0.2, 0) is 0 Å². The minimum Gasteiger partial charge on any atom is -0.497 e. The summed E-state index contributed by atoms with van der Waals surface area (Å²) in [5, 5.41) is 0. The van der Waals surface area contributed by atoms with Gasteiger partial charge >= 0.3 is 0 Å². The van der Waals surface area contributed by atoms with Gasteiger partial charge in [0.05, 0.1) is 18.1 Å². The maximum atomic E-state index is 5.54. The number of fused-ring (bicyclic) bond motifs is 1. The first-order valence-electron chi connectivity index (χ1n) is 5.48. The van der Waals surface area contributed by atoms with E-state index in [4.69, 9.17) is 10.5 Å². The summed E-state index contributed by atoms with van der Waals surface area (Å²) in [5.41, 5.74) is 7.53. The van der Waals surface area contributed by atoms with Gasteiger partial charge in [-0.1, -0.05) is 6.92 Å². The summed E-state index contributed by atoms with van der Waals surface area (Å²) in [4.78, 5) is 7.85. The standard InChI is InChI=1S/C12H17N3O/c1-8(5-6-13)12-14-10-4-3-9(16-2)7-11(10)15-12/h3-4,7-8H,5-6,13H2,1-2H3,(H,14,15). The number of H-pyrrole nitrogens is 1. The Morgan fingerprint density at radius 3 is 3.00 bits per heavy atom. The van der Waals surface area contributed by atoms with Crippen LogP contribution >= 0.6 is 0 Å². The smallest absolute Gasteiger partial charge is 0.121 e. The second-order valence-corrected chi connectivity index (χ2v) is 3.98. The van der Waals surface area contributed by atoms with E-state index in [2.05, 4.69) is 16.9 Å². The summed E-state index contributed by atoms with van der Waals surface area (Å²) in [5.74, 6) is 2.20. The number of hydrogen-bond donors (Lipinski definition) is 2. The second kappa shape index (κ2) is 4.53. The van der Waals surface area contributed by atoms with E-state index in [1.54, 1.807) is 7.11 Å². The molecule has 0 spiro atoms. The SMILES string of the molecule is COc1ccc2nc(C(C)CCN)[nH]c2c1. The summed E-state index contributed by atoms with van der Waals surface area (Å²) in [7, 11) is 1.66. The van der Waals surface area contributed by atoms with Crippen molar-refractivity contribution < 1.29 is 4.74 Å². The number of ether oxygens (including phenoxy) is 1. The predicted molar refractivity (Wildman–Crippen MR) is 64.7 cm³/mol. The number of nitrogens with one attached hydrogen (secondary N) is 1. The lowest BCUT2D eigenvalue weighted by Crippen LogP contribution is -2.05. The Morgan fingerprint density at radius 1 is 1.50 bits per heavy atom. The normalized spacial score (nSPS) is 12.9. The van der Waals surface area contributed by atoms with E-state index in [9.17, 15) is 0 Å². The van der Waals surface area contributed by atoms with Crippen LogP contribution in [0.4, 0.5) is 0 Å². The molecular formula is C12H17N3O. The van der Waals surface area contributed by atoms with Crippen molar-refractivity contribution in [3.8, 4) is 5.75 Å². The summed E-state index contributed by atoms with van der Waals surface area (Å²) >= 11 is 0. The highest BCUT2D eigenvalue weighted by Gasteiger charge is 2.10. The number of nitrogens with zero attached hydrogens (tertiary/aromatic N) is 1. The van der Waals surface area contributed by atoms with Crippen molar-refractivity contribution in [3.05, 3.63) is 24.0 Å². The molecule has 1 atom stereocenters. The molecule has 1 aromatic carbocycles. The van der Waals surface area contributed by atoms with E-state index in [0.717, 1.165) is 29.0 Å². The van der Waals surface area contributed by atoms with Crippen LogP contribution in [0.5, 0.6) is 5.75 Å². The van der Waals surface area contributed by atoms with Crippen LogP contribution in [0, 0.1) is 0 Å². The van der Waals surface area contributed by atoms with Crippen LogP contribution in [0.2, 0.25) is 0 Å². The number of imidazole rings is 1. The van der Waals surface area contributed by atoms with Gasteiger partial charge in [-0.2, -0.15) is 0 Å². The molecular weight excluding hydrogens is 202 g/mol. The number of aromatic amines is 1. The fourth-order valence-corrected chi connectivity index (χ4v) is 1.76. The van der Waals surface area contributed by atoms with Crippen molar-refractivity contribution >= 4 is 11.0 Å². The van der Waals surface area contributed by atoms with Crippen LogP contribution in [-0.4, -0.2) is 23.6 Å². The van der Waals surface area contributed by atoms with Crippen molar-refractivity contribution in [1.29, 1.82) is 0 Å². The lowest BCUT2D eigenvalue weighted by atomic mass is 10.1. The van der Waals surface area contributed by atoms with Gasteiger partial charge in [0.2, 0.25) is 0 Å². The van der Waals surface area contributed by atoms with Gasteiger partial charge < -0.3 is 15.5 Å². The molecule has 1 aromatic heterocycles. The van der Waals surface area contributed by atoms with Gasteiger partial charge in [-0.15, -0.1) is 0 Å². The monoisotopic (exact) mass is 219 g/mol. The Hall–Kier alpha value is -1.55. The molecule has 0 fully saturated rings. The average Bonchev–Trinajstić information content (AvgIpc) is 2.71. The Balaban J connectivity index is 2.35. The zero-order valence-corrected chi connectivity index (χ0v) is 9.66. The molecule has 1 unspecified atom stereocenters. The lowest BCUT2D eigenvalue weighted by molar-refractivity contribution is 0.415. The first-order valence-corrected chi connectivity index (χ1v) is 5.48. The van der Waals surface area contributed by atoms with E-state index in [1.165, 1.54) is 0 Å². The van der Waals surface area contributed by atoms with Crippen LogP contribution in [0.15, 0.2) is 18.2 Å². The van der Waals surface area contributed by atoms with Crippen molar-refractivity contribution in [1.82, 2.24) is 9.97 Å². The zero-order valence-electron chi connectivity index (χ0n) is 9.66. The highest BCUT2D eigenvalue weighted by molar-refractivity contribution is 5.76. The lowest BCUT2D eigenvalue weighted by Gasteiger charge is -2.04. The first-order chi connectivity index (χ1) is 7.74. The van der Waals surface area contributed by atoms with Gasteiger partial charge in [0, 0.05) is 12.0 Å². The maximum absolute atomic E-state index is 5.54. The number of hydrogen-bond acceptors (Lipinski definition) is 3. The molecule has 2 rings (SSSR count). The third kappa shape index (κ3) is 2.02. The third-order valence-electron chi connectivity index (χ3n) is 2.77.